The highest BCUT2D eigenvalue weighted by Gasteiger charge is 2.19. The van der Waals surface area contributed by atoms with E-state index in [0.717, 1.165) is 5.69 Å². The normalized spacial score (nSPS) is 11.4. The van der Waals surface area contributed by atoms with Crippen LogP contribution in [0.3, 0.4) is 0 Å². The van der Waals surface area contributed by atoms with E-state index < -0.39 is 7.92 Å². The van der Waals surface area contributed by atoms with E-state index in [-0.39, 0.29) is 0 Å². The van der Waals surface area contributed by atoms with Crippen LogP contribution >= 0.6 is 7.92 Å². The molecule has 0 bridgehead atoms. The third-order valence-corrected chi connectivity index (χ3v) is 9.02. The molecule has 160 valence electrons. The third-order valence-electron chi connectivity index (χ3n) is 6.50. The second-order valence-electron chi connectivity index (χ2n) is 8.30. The second-order valence-corrected chi connectivity index (χ2v) is 10.5. The molecule has 4 aromatic carbocycles. The van der Waals surface area contributed by atoms with Crippen LogP contribution in [-0.4, -0.2) is 6.21 Å². The number of benzene rings is 4. The van der Waals surface area contributed by atoms with Crippen LogP contribution in [0.4, 0.5) is 5.69 Å². The van der Waals surface area contributed by atoms with Crippen LogP contribution in [0, 0.1) is 34.6 Å². The van der Waals surface area contributed by atoms with E-state index in [1.807, 2.05) is 0 Å². The zero-order valence-electron chi connectivity index (χ0n) is 19.6. The number of hydrogen-bond donors (Lipinski definition) is 0. The van der Waals surface area contributed by atoms with Gasteiger partial charge in [-0.1, -0.05) is 84.9 Å². The van der Waals surface area contributed by atoms with Gasteiger partial charge in [0.15, 0.2) is 0 Å². The first-order valence-corrected chi connectivity index (χ1v) is 12.4. The molecule has 0 N–H and O–H groups in total. The Bertz CT molecular complexity index is 1190. The van der Waals surface area contributed by atoms with Crippen molar-refractivity contribution in [3.63, 3.8) is 0 Å². The van der Waals surface area contributed by atoms with Crippen LogP contribution in [0.2, 0.25) is 0 Å². The lowest BCUT2D eigenvalue weighted by Crippen LogP contribution is -2.23. The fraction of sp³-hybridized carbons (Fsp3) is 0.167. The molecule has 0 aliphatic heterocycles. The monoisotopic (exact) mass is 435 g/mol. The van der Waals surface area contributed by atoms with Gasteiger partial charge in [-0.2, -0.15) is 0 Å². The van der Waals surface area contributed by atoms with Crippen molar-refractivity contribution in [3.8, 4) is 0 Å². The summed E-state index contributed by atoms with van der Waals surface area (Å²) in [6.45, 7) is 11.0. The van der Waals surface area contributed by atoms with Crippen molar-refractivity contribution in [3.05, 3.63) is 118 Å². The molecule has 32 heavy (non-hydrogen) atoms. The highest BCUT2D eigenvalue weighted by Crippen LogP contribution is 2.35. The van der Waals surface area contributed by atoms with Crippen molar-refractivity contribution in [1.82, 2.24) is 0 Å². The van der Waals surface area contributed by atoms with Crippen molar-refractivity contribution in [2.45, 2.75) is 34.6 Å². The lowest BCUT2D eigenvalue weighted by atomic mass is 9.93. The molecule has 0 radical (unpaired) electrons. The lowest BCUT2D eigenvalue weighted by molar-refractivity contribution is 1.16. The number of rotatable bonds is 5. The molecule has 0 amide bonds. The van der Waals surface area contributed by atoms with Gasteiger partial charge in [0.05, 0.1) is 5.69 Å². The SMILES string of the molecule is Cc1c(C)c(C)c(N=Cc2ccccc2P(c2ccccc2)c2ccccc2)c(C)c1C. The minimum Gasteiger partial charge on any atom is -0.256 e. The summed E-state index contributed by atoms with van der Waals surface area (Å²) in [5.41, 5.74) is 8.87. The Balaban J connectivity index is 1.85. The molecular formula is C30H30NP. The molecule has 0 aliphatic carbocycles. The van der Waals surface area contributed by atoms with Crippen LogP contribution in [0.1, 0.15) is 33.4 Å². The van der Waals surface area contributed by atoms with Crippen molar-refractivity contribution < 1.29 is 0 Å². The predicted molar refractivity (Wildman–Crippen MR) is 143 cm³/mol. The Hall–Kier alpha value is -3.02. The molecule has 0 heterocycles. The van der Waals surface area contributed by atoms with E-state index in [1.165, 1.54) is 49.3 Å². The molecule has 0 spiro atoms. The zero-order valence-corrected chi connectivity index (χ0v) is 20.4. The summed E-state index contributed by atoms with van der Waals surface area (Å²) in [5.74, 6) is 0. The quantitative estimate of drug-likeness (QED) is 0.243. The second kappa shape index (κ2) is 9.63. The van der Waals surface area contributed by atoms with Gasteiger partial charge in [0.25, 0.3) is 0 Å². The molecule has 0 aliphatic rings. The summed E-state index contributed by atoms with van der Waals surface area (Å²) in [7, 11) is -0.671. The van der Waals surface area contributed by atoms with E-state index in [0.29, 0.717) is 0 Å². The molecule has 4 rings (SSSR count). The van der Waals surface area contributed by atoms with Crippen molar-refractivity contribution >= 4 is 35.7 Å². The molecule has 0 saturated carbocycles. The van der Waals surface area contributed by atoms with Crippen molar-refractivity contribution in [2.24, 2.45) is 4.99 Å². The number of nitrogens with zero attached hydrogens (tertiary/aromatic N) is 1. The zero-order chi connectivity index (χ0) is 22.7. The highest BCUT2D eigenvalue weighted by molar-refractivity contribution is 7.80. The van der Waals surface area contributed by atoms with Gasteiger partial charge in [-0.3, -0.25) is 4.99 Å². The van der Waals surface area contributed by atoms with Gasteiger partial charge in [-0.15, -0.1) is 0 Å². The summed E-state index contributed by atoms with van der Waals surface area (Å²) in [6, 6.07) is 30.4. The average Bonchev–Trinajstić information content (AvgIpc) is 2.84. The predicted octanol–water partition coefficient (Wildman–Crippen LogP) is 6.74. The molecule has 0 fully saturated rings. The first-order chi connectivity index (χ1) is 15.5. The lowest BCUT2D eigenvalue weighted by Gasteiger charge is -2.21. The summed E-state index contributed by atoms with van der Waals surface area (Å²) in [5, 5.41) is 4.03. The molecule has 0 atom stereocenters. The summed E-state index contributed by atoms with van der Waals surface area (Å²) < 4.78 is 0. The Kier molecular flexibility index (Phi) is 6.68. The fourth-order valence-electron chi connectivity index (χ4n) is 4.19. The maximum Gasteiger partial charge on any atom is 0.0693 e. The maximum atomic E-state index is 5.05. The van der Waals surface area contributed by atoms with Gasteiger partial charge < -0.3 is 0 Å². The van der Waals surface area contributed by atoms with E-state index in [2.05, 4.69) is 126 Å². The smallest absolute Gasteiger partial charge is 0.0693 e. The van der Waals surface area contributed by atoms with E-state index in [9.17, 15) is 0 Å². The van der Waals surface area contributed by atoms with Gasteiger partial charge in [-0.05, 0) is 86.3 Å². The van der Waals surface area contributed by atoms with E-state index >= 15 is 0 Å². The van der Waals surface area contributed by atoms with Crippen LogP contribution in [0.15, 0.2) is 89.9 Å². The largest absolute Gasteiger partial charge is 0.256 e. The molecule has 0 unspecified atom stereocenters. The maximum absolute atomic E-state index is 5.05. The average molecular weight is 436 g/mol. The minimum atomic E-state index is -0.671. The molecule has 0 aromatic heterocycles. The first kappa shape index (κ1) is 22.2. The van der Waals surface area contributed by atoms with Gasteiger partial charge >= 0.3 is 0 Å². The fourth-order valence-corrected chi connectivity index (χ4v) is 6.61. The molecule has 2 heteroatoms. The molecule has 0 saturated heterocycles. The van der Waals surface area contributed by atoms with Gasteiger partial charge in [0.2, 0.25) is 0 Å². The number of hydrogen-bond acceptors (Lipinski definition) is 1. The van der Waals surface area contributed by atoms with Crippen LogP contribution in [0.25, 0.3) is 0 Å². The summed E-state index contributed by atoms with van der Waals surface area (Å²) in [6.07, 6.45) is 2.07. The van der Waals surface area contributed by atoms with Gasteiger partial charge in [0, 0.05) is 11.8 Å². The van der Waals surface area contributed by atoms with E-state index in [1.54, 1.807) is 0 Å². The standard InChI is InChI=1S/C30H30NP/c1-21-22(2)24(4)30(25(5)23(21)3)31-20-26-14-12-13-19-29(26)32(27-15-8-6-9-16-27)28-17-10-7-11-18-28/h6-20H,1-5H3. The molecular weight excluding hydrogens is 405 g/mol. The Morgan fingerprint density at radius 2 is 0.969 bits per heavy atom. The minimum absolute atomic E-state index is 0.671. The molecule has 1 nitrogen and oxygen atoms in total. The summed E-state index contributed by atoms with van der Waals surface area (Å²) in [4.78, 5) is 5.05. The van der Waals surface area contributed by atoms with Gasteiger partial charge in [-0.25, -0.2) is 0 Å². The topological polar surface area (TPSA) is 12.4 Å². The van der Waals surface area contributed by atoms with Gasteiger partial charge in [0.1, 0.15) is 0 Å². The Labute approximate surface area is 193 Å². The highest BCUT2D eigenvalue weighted by atomic mass is 31.1. The Morgan fingerprint density at radius 3 is 1.50 bits per heavy atom. The number of aliphatic imine (C=N–C) groups is 1. The van der Waals surface area contributed by atoms with Crippen LogP contribution in [-0.2, 0) is 0 Å². The van der Waals surface area contributed by atoms with Crippen LogP contribution < -0.4 is 15.9 Å². The summed E-state index contributed by atoms with van der Waals surface area (Å²) >= 11 is 0. The third kappa shape index (κ3) is 4.31. The first-order valence-electron chi connectivity index (χ1n) is 11.1. The van der Waals surface area contributed by atoms with Crippen molar-refractivity contribution in [1.29, 1.82) is 0 Å². The van der Waals surface area contributed by atoms with Crippen molar-refractivity contribution in [2.75, 3.05) is 0 Å². The van der Waals surface area contributed by atoms with E-state index in [4.69, 9.17) is 4.99 Å². The Morgan fingerprint density at radius 1 is 0.531 bits per heavy atom. The van der Waals surface area contributed by atoms with Crippen LogP contribution in [0.5, 0.6) is 0 Å². The molecule has 4 aromatic rings.